The minimum Gasteiger partial charge on any atom is -0.374 e. The van der Waals surface area contributed by atoms with Gasteiger partial charge >= 0.3 is 6.03 Å². The van der Waals surface area contributed by atoms with E-state index in [4.69, 9.17) is 10.5 Å². The Morgan fingerprint density at radius 2 is 2.10 bits per heavy atom. The van der Waals surface area contributed by atoms with Crippen molar-refractivity contribution in [3.05, 3.63) is 0 Å². The van der Waals surface area contributed by atoms with Crippen LogP contribution in [0.15, 0.2) is 0 Å². The molecule has 1 heterocycles. The number of carbonyl (C=O) groups is 2. The normalized spacial score (nSPS) is 22.1. The molecule has 116 valence electrons. The van der Waals surface area contributed by atoms with E-state index in [1.54, 1.807) is 0 Å². The Hall–Kier alpha value is -1.18. The Bertz CT molecular complexity index is 352. The summed E-state index contributed by atoms with van der Waals surface area (Å²) >= 11 is 0. The summed E-state index contributed by atoms with van der Waals surface area (Å²) in [5.41, 5.74) is 5.42. The molecule has 0 saturated carbocycles. The molecule has 4 N–H and O–H groups in total. The van der Waals surface area contributed by atoms with Crippen LogP contribution in [-0.4, -0.2) is 60.8 Å². The SMILES string of the molecule is CC(N)C1CN(CC(=O)NC(=O)NC(C)(C)C)CCO1. The molecule has 0 spiro atoms. The van der Waals surface area contributed by atoms with Crippen molar-refractivity contribution in [2.75, 3.05) is 26.2 Å². The van der Waals surface area contributed by atoms with Crippen molar-refractivity contribution in [2.24, 2.45) is 5.73 Å². The van der Waals surface area contributed by atoms with Crippen LogP contribution in [0.4, 0.5) is 4.79 Å². The molecule has 1 aliphatic rings. The first-order valence-corrected chi connectivity index (χ1v) is 6.89. The van der Waals surface area contributed by atoms with E-state index in [1.165, 1.54) is 0 Å². The molecule has 0 aromatic carbocycles. The average molecular weight is 286 g/mol. The van der Waals surface area contributed by atoms with Crippen LogP contribution in [0.1, 0.15) is 27.7 Å². The fourth-order valence-corrected chi connectivity index (χ4v) is 1.93. The van der Waals surface area contributed by atoms with Gasteiger partial charge in [-0.15, -0.1) is 0 Å². The van der Waals surface area contributed by atoms with E-state index < -0.39 is 6.03 Å². The zero-order valence-electron chi connectivity index (χ0n) is 12.7. The zero-order chi connectivity index (χ0) is 15.3. The zero-order valence-corrected chi connectivity index (χ0v) is 12.7. The van der Waals surface area contributed by atoms with Gasteiger partial charge in [0.15, 0.2) is 0 Å². The van der Waals surface area contributed by atoms with E-state index in [9.17, 15) is 9.59 Å². The number of rotatable bonds is 3. The Labute approximate surface area is 120 Å². The molecule has 7 nitrogen and oxygen atoms in total. The quantitative estimate of drug-likeness (QED) is 0.659. The first-order valence-electron chi connectivity index (χ1n) is 6.89. The number of carbonyl (C=O) groups excluding carboxylic acids is 2. The molecule has 20 heavy (non-hydrogen) atoms. The van der Waals surface area contributed by atoms with Crippen molar-refractivity contribution >= 4 is 11.9 Å². The first-order chi connectivity index (χ1) is 9.17. The smallest absolute Gasteiger partial charge is 0.321 e. The summed E-state index contributed by atoms with van der Waals surface area (Å²) in [5, 5.41) is 5.01. The van der Waals surface area contributed by atoms with Crippen LogP contribution in [0.2, 0.25) is 0 Å². The lowest BCUT2D eigenvalue weighted by Crippen LogP contribution is -2.54. The van der Waals surface area contributed by atoms with E-state index in [0.717, 1.165) is 0 Å². The number of morpholine rings is 1. The number of nitrogens with two attached hydrogens (primary N) is 1. The van der Waals surface area contributed by atoms with Crippen molar-refractivity contribution in [3.8, 4) is 0 Å². The van der Waals surface area contributed by atoms with Crippen LogP contribution in [0.25, 0.3) is 0 Å². The summed E-state index contributed by atoms with van der Waals surface area (Å²) in [5.74, 6) is -0.322. The second-order valence-corrected chi connectivity index (χ2v) is 6.26. The number of nitrogens with zero attached hydrogens (tertiary/aromatic N) is 1. The van der Waals surface area contributed by atoms with Gasteiger partial charge in [-0.05, 0) is 27.7 Å². The van der Waals surface area contributed by atoms with Crippen LogP contribution in [0.3, 0.4) is 0 Å². The predicted octanol–water partition coefficient (Wildman–Crippen LogP) is -0.341. The molecule has 0 bridgehead atoms. The highest BCUT2D eigenvalue weighted by Crippen LogP contribution is 2.07. The van der Waals surface area contributed by atoms with Crippen LogP contribution in [0.5, 0.6) is 0 Å². The second-order valence-electron chi connectivity index (χ2n) is 6.26. The lowest BCUT2D eigenvalue weighted by molar-refractivity contribution is -0.123. The highest BCUT2D eigenvalue weighted by atomic mass is 16.5. The van der Waals surface area contributed by atoms with Crippen molar-refractivity contribution in [2.45, 2.75) is 45.4 Å². The van der Waals surface area contributed by atoms with Crippen LogP contribution >= 0.6 is 0 Å². The molecule has 0 aromatic rings. The van der Waals surface area contributed by atoms with Gasteiger partial charge in [-0.3, -0.25) is 15.0 Å². The lowest BCUT2D eigenvalue weighted by atomic mass is 10.1. The average Bonchev–Trinajstić information content (AvgIpc) is 2.25. The van der Waals surface area contributed by atoms with E-state index in [1.807, 2.05) is 32.6 Å². The molecule has 3 amide bonds. The maximum atomic E-state index is 11.8. The summed E-state index contributed by atoms with van der Waals surface area (Å²) in [4.78, 5) is 25.3. The van der Waals surface area contributed by atoms with Gasteiger partial charge < -0.3 is 15.8 Å². The molecule has 1 fully saturated rings. The van der Waals surface area contributed by atoms with Crippen LogP contribution in [-0.2, 0) is 9.53 Å². The minimum absolute atomic E-state index is 0.0695. The summed E-state index contributed by atoms with van der Waals surface area (Å²) in [6.07, 6.45) is -0.0695. The molecule has 7 heteroatoms. The van der Waals surface area contributed by atoms with E-state index >= 15 is 0 Å². The van der Waals surface area contributed by atoms with Gasteiger partial charge in [0.25, 0.3) is 0 Å². The van der Waals surface area contributed by atoms with Crippen molar-refractivity contribution in [1.29, 1.82) is 0 Å². The molecule has 1 rings (SSSR count). The maximum Gasteiger partial charge on any atom is 0.321 e. The number of nitrogens with one attached hydrogen (secondary N) is 2. The topological polar surface area (TPSA) is 96.7 Å². The number of hydrogen-bond acceptors (Lipinski definition) is 5. The third kappa shape index (κ3) is 6.31. The first kappa shape index (κ1) is 16.9. The van der Waals surface area contributed by atoms with Crippen LogP contribution in [0, 0.1) is 0 Å². The van der Waals surface area contributed by atoms with Gasteiger partial charge in [-0.25, -0.2) is 4.79 Å². The minimum atomic E-state index is -0.473. The summed E-state index contributed by atoms with van der Waals surface area (Å²) in [6.45, 7) is 9.43. The van der Waals surface area contributed by atoms with E-state index in [-0.39, 0.29) is 30.1 Å². The monoisotopic (exact) mass is 286 g/mol. The number of imide groups is 1. The van der Waals surface area contributed by atoms with Gasteiger partial charge in [0, 0.05) is 24.7 Å². The van der Waals surface area contributed by atoms with E-state index in [0.29, 0.717) is 19.7 Å². The molecule has 1 saturated heterocycles. The number of ether oxygens (including phenoxy) is 1. The van der Waals surface area contributed by atoms with E-state index in [2.05, 4.69) is 10.6 Å². The Morgan fingerprint density at radius 3 is 2.65 bits per heavy atom. The Balaban J connectivity index is 2.37. The van der Waals surface area contributed by atoms with Crippen LogP contribution < -0.4 is 16.4 Å². The lowest BCUT2D eigenvalue weighted by Gasteiger charge is -2.34. The van der Waals surface area contributed by atoms with Gasteiger partial charge in [0.2, 0.25) is 5.91 Å². The number of hydrogen-bond donors (Lipinski definition) is 3. The predicted molar refractivity (Wildman–Crippen MR) is 76.3 cm³/mol. The van der Waals surface area contributed by atoms with Gasteiger partial charge in [-0.2, -0.15) is 0 Å². The van der Waals surface area contributed by atoms with Gasteiger partial charge in [0.1, 0.15) is 0 Å². The summed E-state index contributed by atoms with van der Waals surface area (Å²) in [6, 6.07) is -0.551. The third-order valence-electron chi connectivity index (χ3n) is 2.87. The molecule has 0 aliphatic carbocycles. The molecule has 2 unspecified atom stereocenters. The third-order valence-corrected chi connectivity index (χ3v) is 2.87. The van der Waals surface area contributed by atoms with Gasteiger partial charge in [-0.1, -0.05) is 0 Å². The molecule has 2 atom stereocenters. The standard InChI is InChI=1S/C13H26N4O3/c1-9(14)10-7-17(5-6-20-10)8-11(18)15-12(19)16-13(2,3)4/h9-10H,5-8,14H2,1-4H3,(H2,15,16,18,19). The highest BCUT2D eigenvalue weighted by Gasteiger charge is 2.25. The maximum absolute atomic E-state index is 11.8. The summed E-state index contributed by atoms with van der Waals surface area (Å²) in [7, 11) is 0. The number of amides is 3. The Morgan fingerprint density at radius 1 is 1.45 bits per heavy atom. The highest BCUT2D eigenvalue weighted by molar-refractivity contribution is 5.95. The Kier molecular flexibility index (Phi) is 5.91. The van der Waals surface area contributed by atoms with Crippen molar-refractivity contribution in [1.82, 2.24) is 15.5 Å². The molecule has 1 aliphatic heterocycles. The molecular formula is C13H26N4O3. The molecule has 0 radical (unpaired) electrons. The fraction of sp³-hybridized carbons (Fsp3) is 0.846. The fourth-order valence-electron chi connectivity index (χ4n) is 1.93. The largest absolute Gasteiger partial charge is 0.374 e. The van der Waals surface area contributed by atoms with Crippen molar-refractivity contribution in [3.63, 3.8) is 0 Å². The second kappa shape index (κ2) is 7.01. The van der Waals surface area contributed by atoms with Crippen molar-refractivity contribution < 1.29 is 14.3 Å². The van der Waals surface area contributed by atoms with Gasteiger partial charge in [0.05, 0.1) is 19.3 Å². The molecule has 0 aromatic heterocycles. The molecular weight excluding hydrogens is 260 g/mol. The number of urea groups is 1. The summed E-state index contributed by atoms with van der Waals surface area (Å²) < 4.78 is 5.52.